The number of aliphatic hydroxyl groups excluding tert-OH is 3. The summed E-state index contributed by atoms with van der Waals surface area (Å²) < 4.78 is 10.9. The molecular weight excluding hydrogens is 320 g/mol. The summed E-state index contributed by atoms with van der Waals surface area (Å²) in [4.78, 5) is 0. The van der Waals surface area contributed by atoms with Gasteiger partial charge >= 0.3 is 0 Å². The van der Waals surface area contributed by atoms with Crippen molar-refractivity contribution in [2.24, 2.45) is 0 Å². The Bertz CT molecular complexity index is 334. The van der Waals surface area contributed by atoms with E-state index in [1.165, 1.54) is 51.4 Å². The monoisotopic (exact) mass is 358 g/mol. The third kappa shape index (κ3) is 9.71. The van der Waals surface area contributed by atoms with E-state index in [-0.39, 0.29) is 13.2 Å². The van der Waals surface area contributed by atoms with Crippen LogP contribution in [0.4, 0.5) is 0 Å². The summed E-state index contributed by atoms with van der Waals surface area (Å²) in [5, 5.41) is 28.6. The van der Waals surface area contributed by atoms with Gasteiger partial charge in [-0.1, -0.05) is 64.0 Å². The van der Waals surface area contributed by atoms with Crippen LogP contribution in [0.1, 0.15) is 71.1 Å². The van der Waals surface area contributed by atoms with Crippen LogP contribution in [0.15, 0.2) is 12.2 Å². The molecule has 1 saturated heterocycles. The van der Waals surface area contributed by atoms with Crippen LogP contribution in [0.3, 0.4) is 0 Å². The molecule has 0 spiro atoms. The molecule has 4 atom stereocenters. The van der Waals surface area contributed by atoms with Gasteiger partial charge < -0.3 is 24.8 Å². The predicted molar refractivity (Wildman–Crippen MR) is 99.6 cm³/mol. The fourth-order valence-electron chi connectivity index (χ4n) is 3.12. The van der Waals surface area contributed by atoms with Crippen molar-refractivity contribution in [1.29, 1.82) is 0 Å². The first kappa shape index (κ1) is 22.6. The summed E-state index contributed by atoms with van der Waals surface area (Å²) >= 11 is 0. The van der Waals surface area contributed by atoms with E-state index < -0.39 is 24.4 Å². The first-order valence-electron chi connectivity index (χ1n) is 10.1. The number of ether oxygens (including phenoxy) is 2. The first-order chi connectivity index (χ1) is 12.2. The molecule has 1 fully saturated rings. The van der Waals surface area contributed by atoms with Crippen LogP contribution in [-0.4, -0.2) is 59.6 Å². The van der Waals surface area contributed by atoms with Crippen LogP contribution in [-0.2, 0) is 9.47 Å². The van der Waals surface area contributed by atoms with Crippen LogP contribution in [0, 0.1) is 0 Å². The van der Waals surface area contributed by atoms with Crippen LogP contribution in [0.5, 0.6) is 0 Å². The van der Waals surface area contributed by atoms with Gasteiger partial charge in [0.05, 0.1) is 19.8 Å². The summed E-state index contributed by atoms with van der Waals surface area (Å²) in [7, 11) is 0. The second-order valence-electron chi connectivity index (χ2n) is 6.97. The molecule has 0 aromatic heterocycles. The number of hydrogen-bond acceptors (Lipinski definition) is 5. The lowest BCUT2D eigenvalue weighted by molar-refractivity contribution is -0.0996. The summed E-state index contributed by atoms with van der Waals surface area (Å²) in [6.07, 6.45) is 13.7. The first-order valence-corrected chi connectivity index (χ1v) is 10.1. The van der Waals surface area contributed by atoms with E-state index in [2.05, 4.69) is 19.1 Å². The highest BCUT2D eigenvalue weighted by molar-refractivity contribution is 4.89. The maximum Gasteiger partial charge on any atom is 0.114 e. The quantitative estimate of drug-likeness (QED) is 0.310. The molecule has 0 unspecified atom stereocenters. The highest BCUT2D eigenvalue weighted by atomic mass is 16.6. The van der Waals surface area contributed by atoms with E-state index in [1.54, 1.807) is 0 Å². The molecule has 1 aliphatic heterocycles. The standard InChI is InChI=1S/C20H38O5/c1-2-3-4-5-6-7-8-9-10-11-12-13-14-24-18(15-21)20-19(23)17(22)16-25-20/h11-12,17-23H,2-10,13-16H2,1H3/b12-11+/t17-,18+,19+,20+/m0/s1. The molecule has 5 heteroatoms. The lowest BCUT2D eigenvalue weighted by Crippen LogP contribution is -2.42. The molecule has 1 rings (SSSR count). The largest absolute Gasteiger partial charge is 0.394 e. The van der Waals surface area contributed by atoms with Crippen LogP contribution in [0.2, 0.25) is 0 Å². The number of rotatable bonds is 15. The van der Waals surface area contributed by atoms with Gasteiger partial charge in [-0.25, -0.2) is 0 Å². The van der Waals surface area contributed by atoms with Gasteiger partial charge in [0, 0.05) is 0 Å². The zero-order chi connectivity index (χ0) is 18.3. The molecule has 0 aromatic carbocycles. The molecule has 25 heavy (non-hydrogen) atoms. The van der Waals surface area contributed by atoms with Crippen LogP contribution >= 0.6 is 0 Å². The van der Waals surface area contributed by atoms with E-state index in [9.17, 15) is 15.3 Å². The molecule has 0 amide bonds. The minimum Gasteiger partial charge on any atom is -0.394 e. The number of allylic oxidation sites excluding steroid dienone is 1. The highest BCUT2D eigenvalue weighted by Gasteiger charge is 2.40. The minimum absolute atomic E-state index is 0.0875. The number of unbranched alkanes of at least 4 members (excludes halogenated alkanes) is 8. The van der Waals surface area contributed by atoms with Crippen molar-refractivity contribution < 1.29 is 24.8 Å². The minimum atomic E-state index is -0.991. The van der Waals surface area contributed by atoms with Crippen molar-refractivity contribution in [3.8, 4) is 0 Å². The maximum absolute atomic E-state index is 9.78. The van der Waals surface area contributed by atoms with Gasteiger partial charge in [0.1, 0.15) is 24.4 Å². The zero-order valence-electron chi connectivity index (χ0n) is 15.8. The molecule has 0 aliphatic carbocycles. The Balaban J connectivity index is 1.97. The Kier molecular flexibility index (Phi) is 13.3. The van der Waals surface area contributed by atoms with E-state index >= 15 is 0 Å². The van der Waals surface area contributed by atoms with Gasteiger partial charge in [-0.3, -0.25) is 0 Å². The molecule has 0 radical (unpaired) electrons. The average molecular weight is 359 g/mol. The SMILES string of the molecule is CCCCCCCCCC/C=C/CCO[C@H](CO)[C@H]1OC[C@H](O)[C@H]1O. The van der Waals surface area contributed by atoms with Gasteiger partial charge in [0.15, 0.2) is 0 Å². The summed E-state index contributed by atoms with van der Waals surface area (Å²) in [6, 6.07) is 0. The normalized spacial score (nSPS) is 25.0. The summed E-state index contributed by atoms with van der Waals surface area (Å²) in [5.41, 5.74) is 0. The van der Waals surface area contributed by atoms with Crippen molar-refractivity contribution in [2.75, 3.05) is 19.8 Å². The van der Waals surface area contributed by atoms with E-state index in [4.69, 9.17) is 9.47 Å². The van der Waals surface area contributed by atoms with E-state index in [0.29, 0.717) is 6.61 Å². The Morgan fingerprint density at radius 1 is 1.00 bits per heavy atom. The van der Waals surface area contributed by atoms with E-state index in [0.717, 1.165) is 12.8 Å². The average Bonchev–Trinajstić information content (AvgIpc) is 2.95. The molecule has 1 heterocycles. The van der Waals surface area contributed by atoms with Gasteiger partial charge in [-0.05, 0) is 19.3 Å². The maximum atomic E-state index is 9.78. The van der Waals surface area contributed by atoms with Crippen molar-refractivity contribution in [1.82, 2.24) is 0 Å². The van der Waals surface area contributed by atoms with Gasteiger partial charge in [0.2, 0.25) is 0 Å². The van der Waals surface area contributed by atoms with Crippen molar-refractivity contribution in [3.05, 3.63) is 12.2 Å². The zero-order valence-corrected chi connectivity index (χ0v) is 15.8. The molecule has 3 N–H and O–H groups in total. The molecule has 148 valence electrons. The highest BCUT2D eigenvalue weighted by Crippen LogP contribution is 2.19. The second kappa shape index (κ2) is 14.7. The topological polar surface area (TPSA) is 79.2 Å². The van der Waals surface area contributed by atoms with E-state index in [1.807, 2.05) is 0 Å². The second-order valence-corrected chi connectivity index (χ2v) is 6.97. The molecule has 0 bridgehead atoms. The van der Waals surface area contributed by atoms with Crippen molar-refractivity contribution >= 4 is 0 Å². The molecule has 1 aliphatic rings. The Morgan fingerprint density at radius 3 is 2.24 bits per heavy atom. The lowest BCUT2D eigenvalue weighted by atomic mass is 10.1. The predicted octanol–water partition coefficient (Wildman–Crippen LogP) is 2.96. The van der Waals surface area contributed by atoms with Gasteiger partial charge in [0.25, 0.3) is 0 Å². The third-order valence-electron chi connectivity index (χ3n) is 4.74. The Morgan fingerprint density at radius 2 is 1.64 bits per heavy atom. The summed E-state index contributed by atoms with van der Waals surface area (Å²) in [5.74, 6) is 0. The molecular formula is C20H38O5. The van der Waals surface area contributed by atoms with Crippen molar-refractivity contribution in [2.45, 2.75) is 95.5 Å². The number of aliphatic hydroxyl groups is 3. The summed E-state index contributed by atoms with van der Waals surface area (Å²) in [6.45, 7) is 2.58. The fourth-order valence-corrected chi connectivity index (χ4v) is 3.12. The van der Waals surface area contributed by atoms with Crippen molar-refractivity contribution in [3.63, 3.8) is 0 Å². The van der Waals surface area contributed by atoms with Gasteiger partial charge in [-0.2, -0.15) is 0 Å². The smallest absolute Gasteiger partial charge is 0.114 e. The van der Waals surface area contributed by atoms with Gasteiger partial charge in [-0.15, -0.1) is 0 Å². The molecule has 0 aromatic rings. The fraction of sp³-hybridized carbons (Fsp3) is 0.900. The Hall–Kier alpha value is -0.460. The molecule has 0 saturated carbocycles. The third-order valence-corrected chi connectivity index (χ3v) is 4.74. The lowest BCUT2D eigenvalue weighted by Gasteiger charge is -2.24. The van der Waals surface area contributed by atoms with Crippen LogP contribution in [0.25, 0.3) is 0 Å². The Labute approximate surface area is 153 Å². The number of hydrogen-bond donors (Lipinski definition) is 3. The molecule has 5 nitrogen and oxygen atoms in total. The van der Waals surface area contributed by atoms with Crippen LogP contribution < -0.4 is 0 Å².